The first-order chi connectivity index (χ1) is 18.4. The van der Waals surface area contributed by atoms with Crippen LogP contribution in [0.3, 0.4) is 0 Å². The van der Waals surface area contributed by atoms with E-state index < -0.39 is 15.8 Å². The number of nitrogens with zero attached hydrogens (tertiary/aromatic N) is 1. The fourth-order valence-electron chi connectivity index (χ4n) is 6.08. The number of benzene rings is 2. The van der Waals surface area contributed by atoms with E-state index in [0.29, 0.717) is 18.5 Å². The predicted octanol–water partition coefficient (Wildman–Crippen LogP) is 5.38. The van der Waals surface area contributed by atoms with Crippen LogP contribution in [0.25, 0.3) is 0 Å². The van der Waals surface area contributed by atoms with Gasteiger partial charge in [-0.1, -0.05) is 24.3 Å². The van der Waals surface area contributed by atoms with Gasteiger partial charge >= 0.3 is 0 Å². The average molecular weight is 540 g/mol. The summed E-state index contributed by atoms with van der Waals surface area (Å²) in [6.45, 7) is 1.25. The van der Waals surface area contributed by atoms with Gasteiger partial charge in [0.2, 0.25) is 10.0 Å². The molecule has 202 valence electrons. The molecule has 0 aliphatic heterocycles. The molecule has 0 amide bonds. The molecule has 2 N–H and O–H groups in total. The predicted molar refractivity (Wildman–Crippen MR) is 144 cm³/mol. The fraction of sp³-hybridized carbons (Fsp3) is 0.433. The first-order valence-electron chi connectivity index (χ1n) is 13.5. The van der Waals surface area contributed by atoms with Gasteiger partial charge in [-0.05, 0) is 110 Å². The third-order valence-electron chi connectivity index (χ3n) is 8.22. The highest BCUT2D eigenvalue weighted by Crippen LogP contribution is 2.36. The van der Waals surface area contributed by atoms with E-state index in [1.807, 2.05) is 18.3 Å². The van der Waals surface area contributed by atoms with E-state index >= 15 is 0 Å². The molecule has 8 heteroatoms. The summed E-state index contributed by atoms with van der Waals surface area (Å²) >= 11 is 0. The summed E-state index contributed by atoms with van der Waals surface area (Å²) in [5.74, 6) is 0.133. The summed E-state index contributed by atoms with van der Waals surface area (Å²) in [5, 5.41) is 3.85. The minimum absolute atomic E-state index is 0.178. The number of rotatable bonds is 9. The van der Waals surface area contributed by atoms with Gasteiger partial charge in [0.1, 0.15) is 16.5 Å². The lowest BCUT2D eigenvalue weighted by Crippen LogP contribution is -2.42. The summed E-state index contributed by atoms with van der Waals surface area (Å²) in [5.41, 5.74) is 3.51. The van der Waals surface area contributed by atoms with Crippen molar-refractivity contribution in [1.29, 1.82) is 0 Å². The van der Waals surface area contributed by atoms with Crippen LogP contribution in [0, 0.1) is 23.5 Å². The number of aromatic nitrogens is 1. The summed E-state index contributed by atoms with van der Waals surface area (Å²) in [6, 6.07) is 15.0. The van der Waals surface area contributed by atoms with Crippen LogP contribution in [-0.4, -0.2) is 32.5 Å². The highest BCUT2D eigenvalue weighted by molar-refractivity contribution is 7.89. The molecule has 2 aromatic carbocycles. The topological polar surface area (TPSA) is 71.1 Å². The molecule has 1 heterocycles. The van der Waals surface area contributed by atoms with Gasteiger partial charge < -0.3 is 5.32 Å². The Balaban J connectivity index is 1.15. The molecule has 2 unspecified atom stereocenters. The molecule has 1 fully saturated rings. The first kappa shape index (κ1) is 26.9. The molecular weight excluding hydrogens is 504 g/mol. The van der Waals surface area contributed by atoms with Crippen molar-refractivity contribution < 1.29 is 17.2 Å². The molecule has 2 aliphatic rings. The lowest BCUT2D eigenvalue weighted by Gasteiger charge is -2.36. The van der Waals surface area contributed by atoms with Crippen LogP contribution >= 0.6 is 0 Å². The normalized spacial score (nSPS) is 23.6. The molecule has 5 rings (SSSR count). The number of sulfonamides is 1. The van der Waals surface area contributed by atoms with E-state index in [1.165, 1.54) is 29.3 Å². The zero-order chi connectivity index (χ0) is 26.5. The van der Waals surface area contributed by atoms with Gasteiger partial charge in [0.25, 0.3) is 0 Å². The molecule has 2 aliphatic carbocycles. The molecule has 0 radical (unpaired) electrons. The summed E-state index contributed by atoms with van der Waals surface area (Å²) < 4.78 is 55.5. The van der Waals surface area contributed by atoms with Crippen LogP contribution in [0.4, 0.5) is 8.78 Å². The van der Waals surface area contributed by atoms with Crippen molar-refractivity contribution in [3.05, 3.63) is 95.3 Å². The van der Waals surface area contributed by atoms with Gasteiger partial charge in [0.15, 0.2) is 0 Å². The maximum atomic E-state index is 13.9. The van der Waals surface area contributed by atoms with E-state index in [9.17, 15) is 17.2 Å². The van der Waals surface area contributed by atoms with Crippen molar-refractivity contribution in [2.75, 3.05) is 13.1 Å². The van der Waals surface area contributed by atoms with Crippen molar-refractivity contribution in [3.63, 3.8) is 0 Å². The zero-order valence-electron chi connectivity index (χ0n) is 21.5. The number of pyridine rings is 1. The van der Waals surface area contributed by atoms with E-state index in [-0.39, 0.29) is 22.5 Å². The Morgan fingerprint density at radius 3 is 2.39 bits per heavy atom. The number of hydrogen-bond donors (Lipinski definition) is 2. The molecule has 3 aromatic rings. The largest absolute Gasteiger partial charge is 0.313 e. The Hall–Kier alpha value is -2.68. The second-order valence-corrected chi connectivity index (χ2v) is 12.5. The molecular formula is C30H35F2N3O2S. The fourth-order valence-corrected chi connectivity index (χ4v) is 7.27. The van der Waals surface area contributed by atoms with Crippen molar-refractivity contribution in [2.45, 2.75) is 61.8 Å². The summed E-state index contributed by atoms with van der Waals surface area (Å²) in [4.78, 5) is 3.99. The van der Waals surface area contributed by atoms with Gasteiger partial charge in [0.05, 0.1) is 0 Å². The lowest BCUT2D eigenvalue weighted by molar-refractivity contribution is 0.252. The maximum absolute atomic E-state index is 13.9. The molecule has 38 heavy (non-hydrogen) atoms. The van der Waals surface area contributed by atoms with Crippen LogP contribution in [0.15, 0.2) is 71.9 Å². The van der Waals surface area contributed by atoms with E-state index in [1.54, 1.807) is 18.3 Å². The molecule has 1 saturated carbocycles. The number of nitrogens with one attached hydrogen (secondary N) is 2. The van der Waals surface area contributed by atoms with Gasteiger partial charge in [-0.2, -0.15) is 0 Å². The SMILES string of the molecule is O=S(=O)(NCC1CCC(CNC2CCc3cc(F)ccc3C2Cc2cccnc2)CC1)c1ccccc1F. The molecule has 0 bridgehead atoms. The first-order valence-corrected chi connectivity index (χ1v) is 15.0. The maximum Gasteiger partial charge on any atom is 0.243 e. The number of hydrogen-bond acceptors (Lipinski definition) is 4. The number of aryl methyl sites for hydroxylation is 1. The summed E-state index contributed by atoms with van der Waals surface area (Å²) in [7, 11) is -3.85. The molecule has 5 nitrogen and oxygen atoms in total. The smallest absolute Gasteiger partial charge is 0.243 e. The highest BCUT2D eigenvalue weighted by Gasteiger charge is 2.31. The second-order valence-electron chi connectivity index (χ2n) is 10.7. The van der Waals surface area contributed by atoms with Gasteiger partial charge in [0, 0.05) is 30.9 Å². The Labute approximate surface area is 224 Å². The van der Waals surface area contributed by atoms with Crippen LogP contribution in [0.5, 0.6) is 0 Å². The van der Waals surface area contributed by atoms with E-state index in [2.05, 4.69) is 21.1 Å². The van der Waals surface area contributed by atoms with E-state index in [0.717, 1.165) is 63.1 Å². The quantitative estimate of drug-likeness (QED) is 0.383. The minimum Gasteiger partial charge on any atom is -0.313 e. The van der Waals surface area contributed by atoms with Gasteiger partial charge in [-0.25, -0.2) is 21.9 Å². The van der Waals surface area contributed by atoms with Crippen molar-refractivity contribution in [2.24, 2.45) is 11.8 Å². The molecule has 2 atom stereocenters. The van der Waals surface area contributed by atoms with Gasteiger partial charge in [-0.15, -0.1) is 0 Å². The van der Waals surface area contributed by atoms with Crippen LogP contribution < -0.4 is 10.0 Å². The third kappa shape index (κ3) is 6.47. The molecule has 0 spiro atoms. The van der Waals surface area contributed by atoms with Crippen LogP contribution in [-0.2, 0) is 22.9 Å². The number of halogens is 2. The van der Waals surface area contributed by atoms with Crippen LogP contribution in [0.2, 0.25) is 0 Å². The monoisotopic (exact) mass is 539 g/mol. The van der Waals surface area contributed by atoms with Crippen molar-refractivity contribution in [3.8, 4) is 0 Å². The molecule has 1 aromatic heterocycles. The van der Waals surface area contributed by atoms with Crippen molar-refractivity contribution in [1.82, 2.24) is 15.0 Å². The lowest BCUT2D eigenvalue weighted by atomic mass is 9.76. The molecule has 0 saturated heterocycles. The van der Waals surface area contributed by atoms with E-state index in [4.69, 9.17) is 0 Å². The number of fused-ring (bicyclic) bond motifs is 1. The third-order valence-corrected chi connectivity index (χ3v) is 9.67. The van der Waals surface area contributed by atoms with Crippen molar-refractivity contribution >= 4 is 10.0 Å². The average Bonchev–Trinajstić information content (AvgIpc) is 2.92. The Bertz CT molecular complexity index is 1330. The minimum atomic E-state index is -3.85. The highest BCUT2D eigenvalue weighted by atomic mass is 32.2. The van der Waals surface area contributed by atoms with Gasteiger partial charge in [-0.3, -0.25) is 4.98 Å². The zero-order valence-corrected chi connectivity index (χ0v) is 22.3. The Morgan fingerprint density at radius 2 is 1.66 bits per heavy atom. The standard InChI is InChI=1S/C30H35F2N3O2S/c31-25-12-13-26-24(17-25)11-14-29(27(26)16-23-4-3-15-33-18-23)34-19-21-7-9-22(10-8-21)20-35-38(36,37)30-6-2-1-5-28(30)32/h1-6,12-13,15,17-18,21-22,27,29,34-35H,7-11,14,16,19-20H2. The Morgan fingerprint density at radius 1 is 0.895 bits per heavy atom. The summed E-state index contributed by atoms with van der Waals surface area (Å²) in [6.07, 6.45) is 10.3. The second kappa shape index (κ2) is 12.0. The Kier molecular flexibility index (Phi) is 8.51. The van der Waals surface area contributed by atoms with Crippen LogP contribution in [0.1, 0.15) is 54.7 Å².